The molecule has 5 aromatic carbocycles. The summed E-state index contributed by atoms with van der Waals surface area (Å²) in [6.07, 6.45) is -9.70. The summed E-state index contributed by atoms with van der Waals surface area (Å²) in [6.45, 7) is 5.24. The minimum absolute atomic E-state index is 0.0932. The molecule has 4 amide bonds. The minimum Gasteiger partial charge on any atom is -0.324 e. The van der Waals surface area contributed by atoms with Crippen LogP contribution in [0.2, 0.25) is 20.1 Å². The molecular formula is C44H32Cl4F6N8O6. The quantitative estimate of drug-likeness (QED) is 0.0484. The van der Waals surface area contributed by atoms with E-state index in [2.05, 4.69) is 41.7 Å². The third-order valence-electron chi connectivity index (χ3n) is 9.55. The molecule has 24 heteroatoms. The largest absolute Gasteiger partial charge is 0.418 e. The summed E-state index contributed by atoms with van der Waals surface area (Å²) < 4.78 is 81.6. The molecule has 5 rings (SSSR count). The van der Waals surface area contributed by atoms with Crippen molar-refractivity contribution in [2.24, 2.45) is 20.5 Å². The summed E-state index contributed by atoms with van der Waals surface area (Å²) in [5.41, 5.74) is -3.50. The first-order chi connectivity index (χ1) is 31.7. The number of Topliss-reactive ketones (excluding diaryl/α,β-unsaturated/α-hetero) is 2. The highest BCUT2D eigenvalue weighted by atomic mass is 35.5. The zero-order chi connectivity index (χ0) is 50.4. The van der Waals surface area contributed by atoms with Gasteiger partial charge >= 0.3 is 12.4 Å². The van der Waals surface area contributed by atoms with E-state index >= 15 is 0 Å². The number of halogens is 10. The Labute approximate surface area is 401 Å². The number of rotatable bonds is 14. The molecule has 2 atom stereocenters. The van der Waals surface area contributed by atoms with Gasteiger partial charge in [-0.25, -0.2) is 0 Å². The fourth-order valence-electron chi connectivity index (χ4n) is 6.05. The highest BCUT2D eigenvalue weighted by Crippen LogP contribution is 2.40. The van der Waals surface area contributed by atoms with Gasteiger partial charge in [0.1, 0.15) is 0 Å². The van der Waals surface area contributed by atoms with Gasteiger partial charge in [0.2, 0.25) is 12.1 Å². The van der Waals surface area contributed by atoms with Gasteiger partial charge in [-0.2, -0.15) is 46.8 Å². The lowest BCUT2D eigenvalue weighted by Crippen LogP contribution is -2.33. The van der Waals surface area contributed by atoms with Crippen LogP contribution in [-0.2, 0) is 31.5 Å². The number of anilines is 4. The molecule has 0 fully saturated rings. The number of para-hydroxylation sites is 2. The van der Waals surface area contributed by atoms with Crippen LogP contribution in [0.15, 0.2) is 105 Å². The van der Waals surface area contributed by atoms with Gasteiger partial charge in [-0.3, -0.25) is 28.8 Å². The smallest absolute Gasteiger partial charge is 0.324 e. The van der Waals surface area contributed by atoms with Crippen molar-refractivity contribution in [2.45, 2.75) is 52.1 Å². The van der Waals surface area contributed by atoms with Gasteiger partial charge in [0, 0.05) is 32.5 Å². The molecule has 354 valence electrons. The molecule has 0 bridgehead atoms. The van der Waals surface area contributed by atoms with Crippen molar-refractivity contribution in [1.82, 2.24) is 0 Å². The van der Waals surface area contributed by atoms with Crippen LogP contribution in [0.25, 0.3) is 0 Å². The number of alkyl halides is 6. The molecule has 2 unspecified atom stereocenters. The van der Waals surface area contributed by atoms with Crippen LogP contribution < -0.4 is 21.3 Å². The summed E-state index contributed by atoms with van der Waals surface area (Å²) in [6, 6.07) is 12.0. The number of benzene rings is 5. The Balaban J connectivity index is 1.28. The monoisotopic (exact) mass is 1020 g/mol. The summed E-state index contributed by atoms with van der Waals surface area (Å²) >= 11 is 24.2. The second kappa shape index (κ2) is 21.5. The van der Waals surface area contributed by atoms with Crippen LogP contribution >= 0.6 is 46.4 Å². The van der Waals surface area contributed by atoms with Crippen LogP contribution in [0.4, 0.5) is 60.5 Å². The molecule has 0 aliphatic rings. The first-order valence-corrected chi connectivity index (χ1v) is 20.8. The predicted octanol–water partition coefficient (Wildman–Crippen LogP) is 12.8. The lowest BCUT2D eigenvalue weighted by atomic mass is 10.0. The molecule has 0 aromatic heterocycles. The Morgan fingerprint density at radius 3 is 1.19 bits per heavy atom. The van der Waals surface area contributed by atoms with E-state index in [1.807, 2.05) is 0 Å². The van der Waals surface area contributed by atoms with Gasteiger partial charge in [0.05, 0.1) is 43.9 Å². The van der Waals surface area contributed by atoms with Crippen molar-refractivity contribution in [2.75, 3.05) is 21.3 Å². The highest BCUT2D eigenvalue weighted by Gasteiger charge is 2.36. The average molecular weight is 1020 g/mol. The number of ketones is 2. The summed E-state index contributed by atoms with van der Waals surface area (Å²) in [4.78, 5) is 78.0. The van der Waals surface area contributed by atoms with Crippen molar-refractivity contribution in [3.8, 4) is 0 Å². The average Bonchev–Trinajstić information content (AvgIpc) is 3.23. The summed E-state index contributed by atoms with van der Waals surface area (Å²) in [7, 11) is 0. The van der Waals surface area contributed by atoms with Gasteiger partial charge in [-0.15, -0.1) is 0 Å². The molecule has 4 N–H and O–H groups in total. The van der Waals surface area contributed by atoms with Gasteiger partial charge in [-0.05, 0) is 112 Å². The maximum Gasteiger partial charge on any atom is 0.418 e. The molecule has 68 heavy (non-hydrogen) atoms. The maximum atomic E-state index is 13.6. The van der Waals surface area contributed by atoms with Crippen molar-refractivity contribution >= 4 is 116 Å². The SMILES string of the molecule is CC(=O)C(N=Nc1cc(Cl)cc(C(=O)Nc2c(Cl)cccc2C(F)(F)F)c1)C(=O)Nc1ccc(NC(=O)C(N=Nc2cc(Cl)cc(C(=O)Nc3c(Cl)cccc3C(F)(F)F)c2)C(C)=O)c(C)c1C. The van der Waals surface area contributed by atoms with Crippen LogP contribution in [-0.4, -0.2) is 47.3 Å². The zero-order valence-electron chi connectivity index (χ0n) is 35.3. The van der Waals surface area contributed by atoms with Gasteiger partial charge in [0.15, 0.2) is 11.6 Å². The van der Waals surface area contributed by atoms with E-state index in [0.29, 0.717) is 11.1 Å². The molecule has 0 aliphatic carbocycles. The van der Waals surface area contributed by atoms with Gasteiger partial charge in [-0.1, -0.05) is 58.5 Å². The number of nitrogens with one attached hydrogen (secondary N) is 4. The number of hydrogen-bond acceptors (Lipinski definition) is 10. The van der Waals surface area contributed by atoms with Crippen molar-refractivity contribution in [3.63, 3.8) is 0 Å². The second-order valence-corrected chi connectivity index (χ2v) is 16.2. The van der Waals surface area contributed by atoms with Crippen molar-refractivity contribution < 1.29 is 55.1 Å². The van der Waals surface area contributed by atoms with E-state index in [9.17, 15) is 55.1 Å². The zero-order valence-corrected chi connectivity index (χ0v) is 38.3. The Hall–Kier alpha value is -6.74. The number of carbonyl (C=O) groups excluding carboxylic acids is 6. The van der Waals surface area contributed by atoms with Gasteiger partial charge in [0.25, 0.3) is 23.6 Å². The third kappa shape index (κ3) is 13.0. The standard InChI is InChI=1S/C44H32Cl4F6N8O6/c1-19-20(2)34(56-42(68)36(22(4)64)62-60-28-16-24(14-26(46)18-28)40(66)58-38-30(44(52,53)54)8-6-10-32(38)48)12-11-33(19)55-41(67)35(21(3)63)61-59-27-15-23(13-25(45)17-27)39(65)57-37-29(43(49,50)51)7-5-9-31(37)47/h5-18,35-36H,1-4H3,(H,55,67)(H,56,68)(H,57,65)(H,58,66). The molecule has 0 heterocycles. The third-order valence-corrected chi connectivity index (χ3v) is 10.6. The van der Waals surface area contributed by atoms with Crippen molar-refractivity contribution in [1.29, 1.82) is 0 Å². The van der Waals surface area contributed by atoms with Crippen LogP contribution in [0.1, 0.15) is 56.8 Å². The van der Waals surface area contributed by atoms with E-state index in [1.54, 1.807) is 13.8 Å². The van der Waals surface area contributed by atoms with E-state index in [1.165, 1.54) is 24.3 Å². The van der Waals surface area contributed by atoms with Crippen LogP contribution in [0, 0.1) is 13.8 Å². The number of carbonyl (C=O) groups is 6. The van der Waals surface area contributed by atoms with Crippen LogP contribution in [0.5, 0.6) is 0 Å². The summed E-state index contributed by atoms with van der Waals surface area (Å²) in [5, 5.41) is 23.9. The van der Waals surface area contributed by atoms with Crippen LogP contribution in [0.3, 0.4) is 0 Å². The molecule has 0 saturated heterocycles. The van der Waals surface area contributed by atoms with Crippen molar-refractivity contribution in [3.05, 3.63) is 138 Å². The normalized spacial score (nSPS) is 12.7. The molecule has 14 nitrogen and oxygen atoms in total. The lowest BCUT2D eigenvalue weighted by molar-refractivity contribution is -0.137. The molecule has 5 aromatic rings. The fourth-order valence-corrected chi connectivity index (χ4v) is 6.95. The molecular weight excluding hydrogens is 992 g/mol. The first kappa shape index (κ1) is 52.2. The number of nitrogens with zero attached hydrogens (tertiary/aromatic N) is 4. The maximum absolute atomic E-state index is 13.6. The molecule has 0 saturated carbocycles. The molecule has 0 radical (unpaired) electrons. The molecule has 0 spiro atoms. The number of azo groups is 2. The van der Waals surface area contributed by atoms with E-state index in [-0.39, 0.29) is 54.0 Å². The Bertz CT molecular complexity index is 2740. The molecule has 0 aliphatic heterocycles. The van der Waals surface area contributed by atoms with E-state index in [0.717, 1.165) is 74.5 Å². The Morgan fingerprint density at radius 1 is 0.515 bits per heavy atom. The fraction of sp³-hybridized carbons (Fsp3) is 0.182. The van der Waals surface area contributed by atoms with E-state index < -0.39 is 82.1 Å². The summed E-state index contributed by atoms with van der Waals surface area (Å²) in [5.74, 6) is -5.52. The van der Waals surface area contributed by atoms with Gasteiger partial charge < -0.3 is 21.3 Å². The minimum atomic E-state index is -4.85. The predicted molar refractivity (Wildman–Crippen MR) is 243 cm³/mol. The second-order valence-electron chi connectivity index (χ2n) is 14.5. The number of hydrogen-bond donors (Lipinski definition) is 4. The Kier molecular flexibility index (Phi) is 16.5. The lowest BCUT2D eigenvalue weighted by Gasteiger charge is -2.17. The topological polar surface area (TPSA) is 200 Å². The highest BCUT2D eigenvalue weighted by molar-refractivity contribution is 6.35. The Morgan fingerprint density at radius 2 is 0.868 bits per heavy atom. The first-order valence-electron chi connectivity index (χ1n) is 19.2. The van der Waals surface area contributed by atoms with E-state index in [4.69, 9.17) is 46.4 Å². The number of amides is 4.